The van der Waals surface area contributed by atoms with Crippen molar-refractivity contribution in [3.05, 3.63) is 29.3 Å². The highest BCUT2D eigenvalue weighted by Gasteiger charge is 2.41. The smallest absolute Gasteiger partial charge is 0.234 e. The molecule has 0 aliphatic heterocycles. The van der Waals surface area contributed by atoms with Crippen LogP contribution in [0.25, 0.3) is 0 Å². The van der Waals surface area contributed by atoms with Crippen molar-refractivity contribution in [2.75, 3.05) is 18.5 Å². The molecule has 21 heavy (non-hydrogen) atoms. The van der Waals surface area contributed by atoms with Crippen molar-refractivity contribution in [1.29, 1.82) is 0 Å². The molecule has 0 saturated heterocycles. The molecule has 2 rings (SSSR count). The molecule has 1 aromatic rings. The third-order valence-electron chi connectivity index (χ3n) is 4.97. The van der Waals surface area contributed by atoms with E-state index in [1.165, 1.54) is 11.1 Å². The highest BCUT2D eigenvalue weighted by atomic mass is 16.2. The molecule has 1 fully saturated rings. The number of nitrogens with two attached hydrogens (primary N) is 1. The zero-order valence-electron chi connectivity index (χ0n) is 13.8. The van der Waals surface area contributed by atoms with E-state index in [2.05, 4.69) is 39.0 Å². The van der Waals surface area contributed by atoms with Gasteiger partial charge in [0.15, 0.2) is 0 Å². The van der Waals surface area contributed by atoms with Gasteiger partial charge in [0.25, 0.3) is 0 Å². The zero-order valence-corrected chi connectivity index (χ0v) is 13.8. The minimum absolute atomic E-state index is 0.182. The van der Waals surface area contributed by atoms with Gasteiger partial charge in [-0.2, -0.15) is 0 Å². The average molecular weight is 288 g/mol. The molecule has 0 unspecified atom stereocenters. The Hall–Kier alpha value is -1.35. The molecule has 3 nitrogen and oxygen atoms in total. The number of carbonyl (C=O) groups excluding carboxylic acids is 1. The van der Waals surface area contributed by atoms with E-state index in [4.69, 9.17) is 5.73 Å². The summed E-state index contributed by atoms with van der Waals surface area (Å²) in [7, 11) is 1.88. The summed E-state index contributed by atoms with van der Waals surface area (Å²) in [6.45, 7) is 6.85. The van der Waals surface area contributed by atoms with Crippen LogP contribution in [0.15, 0.2) is 18.2 Å². The summed E-state index contributed by atoms with van der Waals surface area (Å²) in [5.74, 6) is 0.894. The average Bonchev–Trinajstić information content (AvgIpc) is 2.46. The Balaban J connectivity index is 2.24. The van der Waals surface area contributed by atoms with Gasteiger partial charge in [-0.25, -0.2) is 0 Å². The molecule has 1 amide bonds. The van der Waals surface area contributed by atoms with Crippen molar-refractivity contribution in [2.24, 2.45) is 17.1 Å². The van der Waals surface area contributed by atoms with Crippen molar-refractivity contribution in [2.45, 2.75) is 46.5 Å². The number of amides is 1. The SMILES string of the molecule is Cc1cc(C)cc(N(C)C(=O)C2(CN)CCC(C)CC2)c1. The zero-order chi connectivity index (χ0) is 15.6. The second-order valence-corrected chi connectivity index (χ2v) is 6.88. The maximum absolute atomic E-state index is 13.0. The summed E-state index contributed by atoms with van der Waals surface area (Å²) >= 11 is 0. The number of aryl methyl sites for hydroxylation is 2. The van der Waals surface area contributed by atoms with Crippen LogP contribution < -0.4 is 10.6 Å². The second kappa shape index (κ2) is 6.18. The Morgan fingerprint density at radius 1 is 1.24 bits per heavy atom. The minimum Gasteiger partial charge on any atom is -0.329 e. The Labute approximate surface area is 128 Å². The predicted octanol–water partition coefficient (Wildman–Crippen LogP) is 3.42. The molecule has 2 N–H and O–H groups in total. The summed E-state index contributed by atoms with van der Waals surface area (Å²) in [6.07, 6.45) is 4.03. The molecule has 1 aliphatic carbocycles. The van der Waals surface area contributed by atoms with Gasteiger partial charge < -0.3 is 10.6 Å². The number of hydrogen-bond donors (Lipinski definition) is 1. The summed E-state index contributed by atoms with van der Waals surface area (Å²) in [5, 5.41) is 0. The first kappa shape index (κ1) is 16.0. The summed E-state index contributed by atoms with van der Waals surface area (Å²) < 4.78 is 0. The van der Waals surface area contributed by atoms with Crippen molar-refractivity contribution < 1.29 is 4.79 Å². The second-order valence-electron chi connectivity index (χ2n) is 6.88. The molecule has 1 aliphatic rings. The van der Waals surface area contributed by atoms with Gasteiger partial charge in [0.1, 0.15) is 0 Å². The Bertz CT molecular complexity index is 496. The Kier molecular flexibility index (Phi) is 4.72. The van der Waals surface area contributed by atoms with E-state index >= 15 is 0 Å². The first-order valence-corrected chi connectivity index (χ1v) is 7.94. The molecule has 116 valence electrons. The molecule has 0 spiro atoms. The van der Waals surface area contributed by atoms with Crippen LogP contribution in [0.5, 0.6) is 0 Å². The van der Waals surface area contributed by atoms with Crippen LogP contribution in [-0.2, 0) is 4.79 Å². The third kappa shape index (κ3) is 3.29. The number of hydrogen-bond acceptors (Lipinski definition) is 2. The van der Waals surface area contributed by atoms with E-state index in [9.17, 15) is 4.79 Å². The summed E-state index contributed by atoms with van der Waals surface area (Å²) in [4.78, 5) is 14.8. The molecule has 0 radical (unpaired) electrons. The summed E-state index contributed by atoms with van der Waals surface area (Å²) in [5.41, 5.74) is 8.99. The monoisotopic (exact) mass is 288 g/mol. The van der Waals surface area contributed by atoms with Crippen LogP contribution in [0.1, 0.15) is 43.7 Å². The topological polar surface area (TPSA) is 46.3 Å². The minimum atomic E-state index is -0.362. The number of carbonyl (C=O) groups is 1. The van der Waals surface area contributed by atoms with Crippen LogP contribution in [-0.4, -0.2) is 19.5 Å². The van der Waals surface area contributed by atoms with Crippen LogP contribution in [0.4, 0.5) is 5.69 Å². The van der Waals surface area contributed by atoms with Crippen LogP contribution in [0, 0.1) is 25.2 Å². The molecular weight excluding hydrogens is 260 g/mol. The molecule has 1 aromatic carbocycles. The van der Waals surface area contributed by atoms with E-state index in [1.807, 2.05) is 11.9 Å². The molecule has 3 heteroatoms. The largest absolute Gasteiger partial charge is 0.329 e. The first-order valence-electron chi connectivity index (χ1n) is 7.94. The van der Waals surface area contributed by atoms with Gasteiger partial charge in [-0.15, -0.1) is 0 Å². The molecule has 1 saturated carbocycles. The van der Waals surface area contributed by atoms with Gasteiger partial charge >= 0.3 is 0 Å². The van der Waals surface area contributed by atoms with Gasteiger partial charge in [0.2, 0.25) is 5.91 Å². The van der Waals surface area contributed by atoms with Crippen molar-refractivity contribution in [3.8, 4) is 0 Å². The summed E-state index contributed by atoms with van der Waals surface area (Å²) in [6, 6.07) is 6.27. The lowest BCUT2D eigenvalue weighted by atomic mass is 9.70. The first-order chi connectivity index (χ1) is 9.88. The standard InChI is InChI=1S/C18H28N2O/c1-13-5-7-18(12-19,8-6-13)17(21)20(4)16-10-14(2)9-15(3)11-16/h9-11,13H,5-8,12,19H2,1-4H3. The number of nitrogens with zero attached hydrogens (tertiary/aromatic N) is 1. The number of rotatable bonds is 3. The van der Waals surface area contributed by atoms with E-state index in [1.54, 1.807) is 0 Å². The molecule has 0 atom stereocenters. The van der Waals surface area contributed by atoms with Crippen LogP contribution in [0.2, 0.25) is 0 Å². The van der Waals surface area contributed by atoms with Crippen molar-refractivity contribution >= 4 is 11.6 Å². The fraction of sp³-hybridized carbons (Fsp3) is 0.611. The third-order valence-corrected chi connectivity index (χ3v) is 4.97. The van der Waals surface area contributed by atoms with E-state index in [0.717, 1.165) is 31.4 Å². The van der Waals surface area contributed by atoms with Crippen molar-refractivity contribution in [1.82, 2.24) is 0 Å². The van der Waals surface area contributed by atoms with Gasteiger partial charge in [-0.3, -0.25) is 4.79 Å². The van der Waals surface area contributed by atoms with Crippen LogP contribution in [0.3, 0.4) is 0 Å². The lowest BCUT2D eigenvalue weighted by molar-refractivity contribution is -0.129. The molecule has 0 aromatic heterocycles. The highest BCUT2D eigenvalue weighted by Crippen LogP contribution is 2.40. The van der Waals surface area contributed by atoms with Crippen molar-refractivity contribution in [3.63, 3.8) is 0 Å². The lowest BCUT2D eigenvalue weighted by Gasteiger charge is -2.39. The highest BCUT2D eigenvalue weighted by molar-refractivity contribution is 5.97. The van der Waals surface area contributed by atoms with Gasteiger partial charge in [0.05, 0.1) is 5.41 Å². The number of anilines is 1. The lowest BCUT2D eigenvalue weighted by Crippen LogP contribution is -2.48. The molecular formula is C18H28N2O. The molecule has 0 bridgehead atoms. The predicted molar refractivity (Wildman–Crippen MR) is 88.4 cm³/mol. The van der Waals surface area contributed by atoms with E-state index in [-0.39, 0.29) is 11.3 Å². The van der Waals surface area contributed by atoms with Gasteiger partial charge in [-0.05, 0) is 68.7 Å². The van der Waals surface area contributed by atoms with Gasteiger partial charge in [0, 0.05) is 19.3 Å². The quantitative estimate of drug-likeness (QED) is 0.926. The fourth-order valence-electron chi connectivity index (χ4n) is 3.44. The Morgan fingerprint density at radius 2 is 1.76 bits per heavy atom. The maximum atomic E-state index is 13.0. The van der Waals surface area contributed by atoms with Gasteiger partial charge in [-0.1, -0.05) is 13.0 Å². The normalized spacial score (nSPS) is 25.7. The fourth-order valence-corrected chi connectivity index (χ4v) is 3.44. The van der Waals surface area contributed by atoms with E-state index < -0.39 is 0 Å². The number of benzene rings is 1. The maximum Gasteiger partial charge on any atom is 0.234 e. The Morgan fingerprint density at radius 3 is 2.24 bits per heavy atom. The molecule has 0 heterocycles. The van der Waals surface area contributed by atoms with E-state index in [0.29, 0.717) is 12.5 Å². The van der Waals surface area contributed by atoms with Crippen LogP contribution >= 0.6 is 0 Å².